The number of piperidine rings is 1. The van der Waals surface area contributed by atoms with Gasteiger partial charge < -0.3 is 19.4 Å². The normalized spacial score (nSPS) is 27.1. The van der Waals surface area contributed by atoms with Crippen LogP contribution in [-0.2, 0) is 19.7 Å². The molecule has 1 spiro atoms. The molecule has 2 amide bonds. The summed E-state index contributed by atoms with van der Waals surface area (Å²) in [6.07, 6.45) is 6.44. The lowest BCUT2D eigenvalue weighted by atomic mass is 9.73. The molecule has 4 atom stereocenters. The zero-order valence-corrected chi connectivity index (χ0v) is 20.8. The molecule has 0 radical (unpaired) electrons. The molecule has 2 saturated heterocycles. The van der Waals surface area contributed by atoms with Crippen molar-refractivity contribution in [3.8, 4) is 11.3 Å². The molecule has 2 unspecified atom stereocenters. The Morgan fingerprint density at radius 1 is 1.03 bits per heavy atom. The van der Waals surface area contributed by atoms with Gasteiger partial charge in [0.15, 0.2) is 12.2 Å². The second kappa shape index (κ2) is 8.84. The number of ether oxygens (including phenoxy) is 1. The lowest BCUT2D eigenvalue weighted by Crippen LogP contribution is -2.45. The molecule has 3 fully saturated rings. The minimum absolute atomic E-state index is 0.0272. The smallest absolute Gasteiger partial charge is 0.226 e. The zero-order valence-electron chi connectivity index (χ0n) is 20.8. The molecule has 7 rings (SSSR count). The summed E-state index contributed by atoms with van der Waals surface area (Å²) in [4.78, 5) is 32.2. The van der Waals surface area contributed by atoms with Crippen LogP contribution in [0, 0.1) is 17.8 Å². The van der Waals surface area contributed by atoms with Gasteiger partial charge in [0.05, 0.1) is 19.4 Å². The molecule has 0 bridgehead atoms. The van der Waals surface area contributed by atoms with E-state index in [0.717, 1.165) is 56.8 Å². The number of nitrogens with one attached hydrogen (secondary N) is 1. The second-order valence-electron chi connectivity index (χ2n) is 11.2. The number of amides is 2. The van der Waals surface area contributed by atoms with Crippen molar-refractivity contribution in [2.24, 2.45) is 17.8 Å². The first-order valence-electron chi connectivity index (χ1n) is 13.4. The number of nitrogens with zero attached hydrogens (tertiary/aromatic N) is 2. The summed E-state index contributed by atoms with van der Waals surface area (Å²) in [5.41, 5.74) is 4.43. The van der Waals surface area contributed by atoms with Gasteiger partial charge in [-0.3, -0.25) is 9.59 Å². The van der Waals surface area contributed by atoms with E-state index in [1.54, 1.807) is 6.20 Å². The molecule has 3 aromatic rings. The molecule has 1 N–H and O–H groups in total. The molecule has 4 aliphatic rings. The largest absolute Gasteiger partial charge is 0.444 e. The Kier molecular flexibility index (Phi) is 5.43. The Hall–Kier alpha value is -3.45. The third-order valence-corrected chi connectivity index (χ3v) is 9.20. The summed E-state index contributed by atoms with van der Waals surface area (Å²) in [7, 11) is 0. The monoisotopic (exact) mass is 497 g/mol. The molecule has 190 valence electrons. The topological polar surface area (TPSA) is 84.7 Å². The van der Waals surface area contributed by atoms with Crippen LogP contribution >= 0.6 is 0 Å². The average Bonchev–Trinajstić information content (AvgIpc) is 3.35. The Morgan fingerprint density at radius 2 is 1.78 bits per heavy atom. The molecule has 7 nitrogen and oxygen atoms in total. The summed E-state index contributed by atoms with van der Waals surface area (Å²) in [5.74, 6) is 2.36. The molecule has 7 heteroatoms. The van der Waals surface area contributed by atoms with E-state index in [1.165, 1.54) is 17.5 Å². The van der Waals surface area contributed by atoms with Gasteiger partial charge in [0, 0.05) is 36.7 Å². The molecule has 37 heavy (non-hydrogen) atoms. The van der Waals surface area contributed by atoms with Gasteiger partial charge in [0.1, 0.15) is 0 Å². The summed E-state index contributed by atoms with van der Waals surface area (Å²) >= 11 is 0. The first-order chi connectivity index (χ1) is 18.1. The molecule has 2 aliphatic heterocycles. The molecule has 2 aliphatic carbocycles. The van der Waals surface area contributed by atoms with E-state index in [-0.39, 0.29) is 23.2 Å². The van der Waals surface area contributed by atoms with E-state index in [0.29, 0.717) is 29.9 Å². The van der Waals surface area contributed by atoms with Crippen molar-refractivity contribution in [3.63, 3.8) is 0 Å². The molecule has 2 aromatic carbocycles. The Balaban J connectivity index is 1.01. The number of likely N-dealkylation sites (tertiary alicyclic amines) is 1. The molecule has 1 aromatic heterocycles. The van der Waals surface area contributed by atoms with E-state index in [1.807, 2.05) is 24.3 Å². The molecule has 1 saturated carbocycles. The Labute approximate surface area is 216 Å². The molecular formula is C30H31N3O4. The maximum atomic E-state index is 13.1. The lowest BCUT2D eigenvalue weighted by molar-refractivity contribution is -0.135. The van der Waals surface area contributed by atoms with Crippen LogP contribution < -0.4 is 5.32 Å². The van der Waals surface area contributed by atoms with E-state index in [9.17, 15) is 9.59 Å². The van der Waals surface area contributed by atoms with Crippen molar-refractivity contribution in [1.82, 2.24) is 9.88 Å². The summed E-state index contributed by atoms with van der Waals surface area (Å²) in [5, 5.41) is 3.08. The number of oxazole rings is 1. The highest BCUT2D eigenvalue weighted by Gasteiger charge is 2.59. The van der Waals surface area contributed by atoms with Crippen molar-refractivity contribution < 1.29 is 18.7 Å². The number of carbonyl (C=O) groups excluding carboxylic acids is 2. The highest BCUT2D eigenvalue weighted by atomic mass is 16.5. The second-order valence-corrected chi connectivity index (χ2v) is 11.2. The van der Waals surface area contributed by atoms with Crippen LogP contribution in [0.3, 0.4) is 0 Å². The number of carbonyl (C=O) groups is 2. The van der Waals surface area contributed by atoms with Crippen LogP contribution in [0.5, 0.6) is 0 Å². The number of hydrogen-bond donors (Lipinski definition) is 1. The van der Waals surface area contributed by atoms with E-state index >= 15 is 0 Å². The third kappa shape index (κ3) is 3.96. The maximum Gasteiger partial charge on any atom is 0.226 e. The Morgan fingerprint density at radius 3 is 2.51 bits per heavy atom. The number of benzene rings is 2. The predicted molar refractivity (Wildman–Crippen MR) is 138 cm³/mol. The van der Waals surface area contributed by atoms with Gasteiger partial charge >= 0.3 is 0 Å². The SMILES string of the molecule is O=C(CC1CC2(CCN(C(=O)C3[C@H]4COC[C@@H]34)CC2)c2ccccc21)Nc1ccc(-c2cnco2)cc1. The number of hydrogen-bond acceptors (Lipinski definition) is 5. The molecular weight excluding hydrogens is 466 g/mol. The number of fused-ring (bicyclic) bond motifs is 3. The number of rotatable bonds is 5. The average molecular weight is 498 g/mol. The van der Waals surface area contributed by atoms with Gasteiger partial charge in [-0.05, 0) is 77.8 Å². The zero-order chi connectivity index (χ0) is 25.0. The lowest BCUT2D eigenvalue weighted by Gasteiger charge is -2.40. The number of aromatic nitrogens is 1. The van der Waals surface area contributed by atoms with Crippen molar-refractivity contribution >= 4 is 17.5 Å². The van der Waals surface area contributed by atoms with Gasteiger partial charge in [-0.1, -0.05) is 24.3 Å². The van der Waals surface area contributed by atoms with Crippen molar-refractivity contribution in [3.05, 3.63) is 72.2 Å². The minimum Gasteiger partial charge on any atom is -0.444 e. The fraction of sp³-hybridized carbons (Fsp3) is 0.433. The van der Waals surface area contributed by atoms with Gasteiger partial charge in [0.2, 0.25) is 11.8 Å². The first-order valence-corrected chi connectivity index (χ1v) is 13.4. The fourth-order valence-corrected chi connectivity index (χ4v) is 7.17. The van der Waals surface area contributed by atoms with Crippen LogP contribution in [-0.4, -0.2) is 48.0 Å². The van der Waals surface area contributed by atoms with E-state index < -0.39 is 0 Å². The summed E-state index contributed by atoms with van der Waals surface area (Å²) in [6, 6.07) is 16.3. The van der Waals surface area contributed by atoms with Crippen molar-refractivity contribution in [2.75, 3.05) is 31.6 Å². The van der Waals surface area contributed by atoms with Crippen molar-refractivity contribution in [2.45, 2.75) is 37.0 Å². The van der Waals surface area contributed by atoms with Gasteiger partial charge in [-0.25, -0.2) is 4.98 Å². The quantitative estimate of drug-likeness (QED) is 0.557. The van der Waals surface area contributed by atoms with Gasteiger partial charge in [0.25, 0.3) is 0 Å². The third-order valence-electron chi connectivity index (χ3n) is 9.20. The summed E-state index contributed by atoms with van der Waals surface area (Å²) in [6.45, 7) is 3.12. The standard InChI is InChI=1S/C30H31N3O4/c34-27(32-21-7-5-19(6-8-21)26-15-31-18-37-26)13-20-14-30(25-4-2-1-3-22(20)25)9-11-33(12-10-30)29(35)28-23-16-36-17-24(23)28/h1-8,15,18,20,23-24,28H,9-14,16-17H2,(H,32,34)/t20?,23-,24+,28?. The van der Waals surface area contributed by atoms with Gasteiger partial charge in [-0.15, -0.1) is 0 Å². The fourth-order valence-electron chi connectivity index (χ4n) is 7.17. The van der Waals surface area contributed by atoms with E-state index in [4.69, 9.17) is 9.15 Å². The number of anilines is 1. The minimum atomic E-state index is 0.0272. The van der Waals surface area contributed by atoms with Crippen molar-refractivity contribution in [1.29, 1.82) is 0 Å². The predicted octanol–water partition coefficient (Wildman–Crippen LogP) is 4.61. The highest BCUT2D eigenvalue weighted by molar-refractivity contribution is 5.91. The summed E-state index contributed by atoms with van der Waals surface area (Å²) < 4.78 is 10.8. The van der Waals surface area contributed by atoms with Gasteiger partial charge in [-0.2, -0.15) is 0 Å². The van der Waals surface area contributed by atoms with Crippen LogP contribution in [0.1, 0.15) is 42.7 Å². The highest BCUT2D eigenvalue weighted by Crippen LogP contribution is 2.55. The van der Waals surface area contributed by atoms with Crippen LogP contribution in [0.4, 0.5) is 5.69 Å². The van der Waals surface area contributed by atoms with E-state index in [2.05, 4.69) is 39.5 Å². The van der Waals surface area contributed by atoms with Crippen LogP contribution in [0.2, 0.25) is 0 Å². The Bertz CT molecular complexity index is 1300. The van der Waals surface area contributed by atoms with Crippen LogP contribution in [0.15, 0.2) is 65.5 Å². The maximum absolute atomic E-state index is 13.1. The molecule has 3 heterocycles. The first kappa shape index (κ1) is 22.7. The van der Waals surface area contributed by atoms with Crippen LogP contribution in [0.25, 0.3) is 11.3 Å².